The Labute approximate surface area is 104 Å². The molecule has 0 amide bonds. The zero-order chi connectivity index (χ0) is 12.2. The maximum Gasteiger partial charge on any atom is 0.163 e. The Morgan fingerprint density at radius 2 is 2.06 bits per heavy atom. The number of allylic oxidation sites excluding steroid dienone is 2. The molecule has 0 spiro atoms. The minimum absolute atomic E-state index is 0.0144. The van der Waals surface area contributed by atoms with Gasteiger partial charge in [-0.1, -0.05) is 17.7 Å². The van der Waals surface area contributed by atoms with E-state index in [1.165, 1.54) is 6.08 Å². The lowest BCUT2D eigenvalue weighted by molar-refractivity contribution is -0.115. The summed E-state index contributed by atoms with van der Waals surface area (Å²) in [6.45, 7) is 0. The van der Waals surface area contributed by atoms with Crippen LogP contribution in [0.2, 0.25) is 5.02 Å². The van der Waals surface area contributed by atoms with Crippen molar-refractivity contribution >= 4 is 17.4 Å². The van der Waals surface area contributed by atoms with Gasteiger partial charge in [0.15, 0.2) is 5.78 Å². The molecule has 1 aromatic rings. The lowest BCUT2D eigenvalue weighted by atomic mass is 10.0. The molecule has 0 heterocycles. The van der Waals surface area contributed by atoms with Gasteiger partial charge in [0, 0.05) is 34.4 Å². The molecule has 3 atom stereocenters. The second kappa shape index (κ2) is 3.50. The first-order valence-corrected chi connectivity index (χ1v) is 5.79. The van der Waals surface area contributed by atoms with Crippen LogP contribution in [0.15, 0.2) is 30.0 Å². The molecule has 3 unspecified atom stereocenters. The molecular formula is C13H11ClO3. The molecule has 2 aliphatic carbocycles. The Balaban J connectivity index is 2.04. The maximum atomic E-state index is 11.6. The number of aliphatic hydroxyl groups excluding tert-OH is 1. The van der Waals surface area contributed by atoms with E-state index >= 15 is 0 Å². The fraction of sp³-hybridized carbons (Fsp3) is 0.308. The molecule has 1 aromatic carbocycles. The molecule has 2 aliphatic rings. The van der Waals surface area contributed by atoms with Crippen LogP contribution in [-0.2, 0) is 4.79 Å². The maximum absolute atomic E-state index is 11.6. The SMILES string of the molecule is COc1cccc(Cl)c1C1C2C(=O)C=C(O)C21. The van der Waals surface area contributed by atoms with Gasteiger partial charge in [-0.3, -0.25) is 4.79 Å². The number of rotatable bonds is 2. The van der Waals surface area contributed by atoms with Gasteiger partial charge in [-0.2, -0.15) is 0 Å². The third-order valence-electron chi connectivity index (χ3n) is 3.55. The minimum atomic E-state index is -0.149. The zero-order valence-electron chi connectivity index (χ0n) is 9.18. The van der Waals surface area contributed by atoms with Crippen LogP contribution in [-0.4, -0.2) is 18.0 Å². The number of halogens is 1. The second-order valence-electron chi connectivity index (χ2n) is 4.40. The van der Waals surface area contributed by atoms with Crippen LogP contribution in [0, 0.1) is 11.8 Å². The van der Waals surface area contributed by atoms with Crippen LogP contribution < -0.4 is 4.74 Å². The molecule has 3 nitrogen and oxygen atoms in total. The van der Waals surface area contributed by atoms with Crippen LogP contribution in [0.4, 0.5) is 0 Å². The van der Waals surface area contributed by atoms with E-state index < -0.39 is 0 Å². The molecule has 4 heteroatoms. The predicted octanol–water partition coefficient (Wildman–Crippen LogP) is 2.70. The fourth-order valence-corrected chi connectivity index (χ4v) is 3.04. The van der Waals surface area contributed by atoms with Crippen molar-refractivity contribution in [1.29, 1.82) is 0 Å². The molecule has 0 aromatic heterocycles. The molecule has 88 valence electrons. The van der Waals surface area contributed by atoms with Crippen molar-refractivity contribution in [2.24, 2.45) is 11.8 Å². The van der Waals surface area contributed by atoms with Crippen molar-refractivity contribution in [2.75, 3.05) is 7.11 Å². The molecule has 0 bridgehead atoms. The summed E-state index contributed by atoms with van der Waals surface area (Å²) in [5, 5.41) is 10.2. The predicted molar refractivity (Wildman–Crippen MR) is 63.4 cm³/mol. The van der Waals surface area contributed by atoms with Gasteiger partial charge in [-0.25, -0.2) is 0 Å². The van der Waals surface area contributed by atoms with E-state index in [9.17, 15) is 9.90 Å². The van der Waals surface area contributed by atoms with Crippen molar-refractivity contribution in [3.63, 3.8) is 0 Å². The number of ether oxygens (including phenoxy) is 1. The van der Waals surface area contributed by atoms with E-state index in [2.05, 4.69) is 0 Å². The highest BCUT2D eigenvalue weighted by Gasteiger charge is 2.61. The molecule has 1 fully saturated rings. The van der Waals surface area contributed by atoms with E-state index in [4.69, 9.17) is 16.3 Å². The average molecular weight is 251 g/mol. The summed E-state index contributed by atoms with van der Waals surface area (Å²) in [6, 6.07) is 5.40. The van der Waals surface area contributed by atoms with Gasteiger partial charge in [0.1, 0.15) is 11.5 Å². The topological polar surface area (TPSA) is 46.5 Å². The molecule has 3 rings (SSSR count). The second-order valence-corrected chi connectivity index (χ2v) is 4.81. The van der Waals surface area contributed by atoms with Gasteiger partial charge < -0.3 is 9.84 Å². The first kappa shape index (κ1) is 10.7. The average Bonchev–Trinajstić information content (AvgIpc) is 2.95. The molecule has 0 aliphatic heterocycles. The quantitative estimate of drug-likeness (QED) is 0.878. The summed E-state index contributed by atoms with van der Waals surface area (Å²) in [7, 11) is 1.57. The number of ketones is 1. The largest absolute Gasteiger partial charge is 0.512 e. The van der Waals surface area contributed by atoms with Gasteiger partial charge in [0.05, 0.1) is 7.11 Å². The molecular weight excluding hydrogens is 240 g/mol. The summed E-state index contributed by atoms with van der Waals surface area (Å²) < 4.78 is 5.27. The van der Waals surface area contributed by atoms with Crippen LogP contribution >= 0.6 is 11.6 Å². The smallest absolute Gasteiger partial charge is 0.163 e. The van der Waals surface area contributed by atoms with Crippen molar-refractivity contribution < 1.29 is 14.6 Å². The third kappa shape index (κ3) is 1.39. The van der Waals surface area contributed by atoms with Crippen LogP contribution in [0.1, 0.15) is 11.5 Å². The number of benzene rings is 1. The Morgan fingerprint density at radius 3 is 2.65 bits per heavy atom. The number of carbonyl (C=O) groups excluding carboxylic acids is 1. The Morgan fingerprint density at radius 1 is 1.29 bits per heavy atom. The lowest BCUT2D eigenvalue weighted by Crippen LogP contribution is -1.99. The molecule has 1 N–H and O–H groups in total. The molecule has 1 saturated carbocycles. The third-order valence-corrected chi connectivity index (χ3v) is 3.88. The van der Waals surface area contributed by atoms with Gasteiger partial charge in [-0.05, 0) is 12.1 Å². The van der Waals surface area contributed by atoms with Gasteiger partial charge >= 0.3 is 0 Å². The number of carbonyl (C=O) groups is 1. The van der Waals surface area contributed by atoms with Gasteiger partial charge in [0.2, 0.25) is 0 Å². The van der Waals surface area contributed by atoms with Crippen molar-refractivity contribution in [2.45, 2.75) is 5.92 Å². The first-order chi connectivity index (χ1) is 8.15. The van der Waals surface area contributed by atoms with Crippen LogP contribution in [0.3, 0.4) is 0 Å². The summed E-state index contributed by atoms with van der Waals surface area (Å²) in [5.41, 5.74) is 0.833. The molecule has 17 heavy (non-hydrogen) atoms. The summed E-state index contributed by atoms with van der Waals surface area (Å²) in [6.07, 6.45) is 1.31. The Hall–Kier alpha value is -1.48. The highest BCUT2D eigenvalue weighted by Crippen LogP contribution is 2.63. The first-order valence-electron chi connectivity index (χ1n) is 5.42. The van der Waals surface area contributed by atoms with E-state index in [1.54, 1.807) is 19.2 Å². The Bertz CT molecular complexity index is 535. The highest BCUT2D eigenvalue weighted by atomic mass is 35.5. The number of methoxy groups -OCH3 is 1. The van der Waals surface area contributed by atoms with Crippen molar-refractivity contribution in [1.82, 2.24) is 0 Å². The number of aliphatic hydroxyl groups is 1. The highest BCUT2D eigenvalue weighted by molar-refractivity contribution is 6.31. The van der Waals surface area contributed by atoms with Crippen LogP contribution in [0.25, 0.3) is 0 Å². The summed E-state index contributed by atoms with van der Waals surface area (Å²) >= 11 is 6.16. The van der Waals surface area contributed by atoms with Crippen molar-refractivity contribution in [3.8, 4) is 5.75 Å². The normalized spacial score (nSPS) is 29.9. The van der Waals surface area contributed by atoms with E-state index in [0.717, 1.165) is 5.56 Å². The number of hydrogen-bond acceptors (Lipinski definition) is 3. The fourth-order valence-electron chi connectivity index (χ4n) is 2.75. The number of hydrogen-bond donors (Lipinski definition) is 1. The molecule has 0 saturated heterocycles. The van der Waals surface area contributed by atoms with E-state index in [-0.39, 0.29) is 29.3 Å². The lowest BCUT2D eigenvalue weighted by Gasteiger charge is -2.10. The van der Waals surface area contributed by atoms with Crippen molar-refractivity contribution in [3.05, 3.63) is 40.6 Å². The Kier molecular flexibility index (Phi) is 2.20. The minimum Gasteiger partial charge on any atom is -0.512 e. The van der Waals surface area contributed by atoms with Gasteiger partial charge in [-0.15, -0.1) is 0 Å². The van der Waals surface area contributed by atoms with Crippen LogP contribution in [0.5, 0.6) is 5.75 Å². The molecule has 0 radical (unpaired) electrons. The zero-order valence-corrected chi connectivity index (χ0v) is 9.94. The summed E-state index contributed by atoms with van der Waals surface area (Å²) in [5.74, 6) is 0.556. The van der Waals surface area contributed by atoms with Gasteiger partial charge in [0.25, 0.3) is 0 Å². The summed E-state index contributed by atoms with van der Waals surface area (Å²) in [4.78, 5) is 11.6. The number of fused-ring (bicyclic) bond motifs is 1. The van der Waals surface area contributed by atoms with E-state index in [1.807, 2.05) is 6.07 Å². The van der Waals surface area contributed by atoms with E-state index in [0.29, 0.717) is 10.8 Å². The standard InChI is InChI=1S/C13H11ClO3/c1-17-9-4-2-3-6(14)10(9)13-11-7(15)5-8(16)12(11)13/h2-5,11-13,15H,1H3. The monoisotopic (exact) mass is 250 g/mol.